The van der Waals surface area contributed by atoms with E-state index in [0.717, 1.165) is 12.8 Å². The van der Waals surface area contributed by atoms with Crippen LogP contribution in [0.3, 0.4) is 0 Å². The number of hydroxylamine groups is 2. The summed E-state index contributed by atoms with van der Waals surface area (Å²) >= 11 is 2.00. The molecule has 8 heteroatoms. The lowest BCUT2D eigenvalue weighted by atomic mass is 9.96. The maximum Gasteiger partial charge on any atom is 0.333 e. The molecule has 1 N–H and O–H groups in total. The van der Waals surface area contributed by atoms with Crippen molar-refractivity contribution in [2.24, 2.45) is 0 Å². The van der Waals surface area contributed by atoms with Crippen LogP contribution in [0.4, 0.5) is 0 Å². The largest absolute Gasteiger partial charge is 0.351 e. The fourth-order valence-corrected chi connectivity index (χ4v) is 2.31. The zero-order valence-electron chi connectivity index (χ0n) is 12.8. The molecule has 1 aliphatic rings. The first-order chi connectivity index (χ1) is 10.2. The van der Waals surface area contributed by atoms with Gasteiger partial charge in [-0.1, -0.05) is 29.0 Å². The Morgan fingerprint density at radius 1 is 1.23 bits per heavy atom. The average molecular weight is 424 g/mol. The van der Waals surface area contributed by atoms with Crippen molar-refractivity contribution < 1.29 is 24.0 Å². The Hall–Kier alpha value is -1.19. The average Bonchev–Trinajstić information content (AvgIpc) is 2.75. The molecule has 1 saturated heterocycles. The number of carbonyl (C=O) groups excluding carboxylic acids is 4. The van der Waals surface area contributed by atoms with Crippen LogP contribution in [0.25, 0.3) is 0 Å². The zero-order chi connectivity index (χ0) is 16.8. The number of halogens is 1. The van der Waals surface area contributed by atoms with Crippen molar-refractivity contribution in [1.82, 2.24) is 10.4 Å². The van der Waals surface area contributed by atoms with Crippen molar-refractivity contribution in [2.75, 3.05) is 4.43 Å². The number of nitrogens with one attached hydrogen (secondary N) is 1. The van der Waals surface area contributed by atoms with Gasteiger partial charge < -0.3 is 10.2 Å². The third-order valence-corrected chi connectivity index (χ3v) is 3.92. The SMILES string of the molecule is CC(C)(CCCCC(=O)ON1C(=O)CCC1=O)NC(=O)CI. The lowest BCUT2D eigenvalue weighted by molar-refractivity contribution is -0.197. The maximum absolute atomic E-state index is 11.6. The van der Waals surface area contributed by atoms with E-state index >= 15 is 0 Å². The van der Waals surface area contributed by atoms with Gasteiger partial charge in [0.25, 0.3) is 11.8 Å². The molecule has 0 saturated carbocycles. The van der Waals surface area contributed by atoms with E-state index in [1.54, 1.807) is 0 Å². The van der Waals surface area contributed by atoms with E-state index in [1.165, 1.54) is 0 Å². The van der Waals surface area contributed by atoms with Crippen LogP contribution in [0.1, 0.15) is 52.4 Å². The van der Waals surface area contributed by atoms with E-state index in [9.17, 15) is 19.2 Å². The van der Waals surface area contributed by atoms with Crippen LogP contribution in [-0.4, -0.2) is 38.7 Å². The van der Waals surface area contributed by atoms with Crippen LogP contribution in [-0.2, 0) is 24.0 Å². The van der Waals surface area contributed by atoms with Gasteiger partial charge in [-0.25, -0.2) is 4.79 Å². The van der Waals surface area contributed by atoms with Gasteiger partial charge >= 0.3 is 5.97 Å². The fraction of sp³-hybridized carbons (Fsp3) is 0.714. The normalized spacial score (nSPS) is 15.1. The molecule has 124 valence electrons. The van der Waals surface area contributed by atoms with E-state index in [1.807, 2.05) is 36.4 Å². The Bertz CT molecular complexity index is 448. The van der Waals surface area contributed by atoms with Crippen molar-refractivity contribution >= 4 is 46.3 Å². The summed E-state index contributed by atoms with van der Waals surface area (Å²) in [5, 5.41) is 3.47. The highest BCUT2D eigenvalue weighted by molar-refractivity contribution is 14.1. The molecule has 22 heavy (non-hydrogen) atoms. The first-order valence-corrected chi connectivity index (χ1v) is 8.71. The van der Waals surface area contributed by atoms with Gasteiger partial charge in [-0.05, 0) is 26.7 Å². The summed E-state index contributed by atoms with van der Waals surface area (Å²) in [6, 6.07) is 0. The van der Waals surface area contributed by atoms with Gasteiger partial charge in [0.15, 0.2) is 0 Å². The molecule has 0 unspecified atom stereocenters. The number of hydrogen-bond donors (Lipinski definition) is 1. The molecular formula is C14H21IN2O5. The van der Waals surface area contributed by atoms with E-state index in [4.69, 9.17) is 4.84 Å². The number of alkyl halides is 1. The molecule has 0 atom stereocenters. The van der Waals surface area contributed by atoms with Gasteiger partial charge in [-0.3, -0.25) is 14.4 Å². The van der Waals surface area contributed by atoms with Crippen molar-refractivity contribution in [2.45, 2.75) is 57.9 Å². The summed E-state index contributed by atoms with van der Waals surface area (Å²) in [5.41, 5.74) is -0.326. The van der Waals surface area contributed by atoms with Crippen molar-refractivity contribution in [1.29, 1.82) is 0 Å². The van der Waals surface area contributed by atoms with E-state index in [2.05, 4.69) is 5.32 Å². The molecule has 0 aromatic rings. The van der Waals surface area contributed by atoms with Crippen molar-refractivity contribution in [3.63, 3.8) is 0 Å². The van der Waals surface area contributed by atoms with E-state index in [-0.39, 0.29) is 30.7 Å². The number of imide groups is 1. The molecule has 1 fully saturated rings. The number of unbranched alkanes of at least 4 members (excludes halogenated alkanes) is 1. The second-order valence-electron chi connectivity index (χ2n) is 5.82. The maximum atomic E-state index is 11.6. The van der Waals surface area contributed by atoms with Gasteiger partial charge in [0.05, 0.1) is 4.43 Å². The minimum Gasteiger partial charge on any atom is -0.351 e. The molecule has 1 aliphatic heterocycles. The van der Waals surface area contributed by atoms with Gasteiger partial charge in [0.2, 0.25) is 5.91 Å². The highest BCUT2D eigenvalue weighted by Gasteiger charge is 2.32. The van der Waals surface area contributed by atoms with Crippen molar-refractivity contribution in [3.8, 4) is 0 Å². The van der Waals surface area contributed by atoms with E-state index in [0.29, 0.717) is 15.9 Å². The van der Waals surface area contributed by atoms with Gasteiger partial charge in [0.1, 0.15) is 0 Å². The molecule has 0 aromatic heterocycles. The first kappa shape index (κ1) is 18.9. The molecule has 0 radical (unpaired) electrons. The monoisotopic (exact) mass is 424 g/mol. The molecule has 0 aromatic carbocycles. The lowest BCUT2D eigenvalue weighted by Crippen LogP contribution is -2.43. The van der Waals surface area contributed by atoms with Crippen LogP contribution in [0, 0.1) is 0 Å². The van der Waals surface area contributed by atoms with Gasteiger partial charge in [-0.15, -0.1) is 5.06 Å². The molecule has 0 aliphatic carbocycles. The number of amides is 3. The van der Waals surface area contributed by atoms with Crippen LogP contribution in [0.5, 0.6) is 0 Å². The lowest BCUT2D eigenvalue weighted by Gasteiger charge is -2.25. The molecule has 3 amide bonds. The Morgan fingerprint density at radius 3 is 2.36 bits per heavy atom. The second-order valence-corrected chi connectivity index (χ2v) is 6.58. The molecule has 0 spiro atoms. The molecule has 1 heterocycles. The second kappa shape index (κ2) is 8.44. The van der Waals surface area contributed by atoms with Crippen LogP contribution in [0.15, 0.2) is 0 Å². The molecule has 7 nitrogen and oxygen atoms in total. The minimum absolute atomic E-state index is 0.0175. The molecular weight excluding hydrogens is 403 g/mol. The summed E-state index contributed by atoms with van der Waals surface area (Å²) in [5.74, 6) is -1.55. The van der Waals surface area contributed by atoms with E-state index < -0.39 is 17.8 Å². The third kappa shape index (κ3) is 6.29. The smallest absolute Gasteiger partial charge is 0.333 e. The molecule has 0 bridgehead atoms. The Kier molecular flexibility index (Phi) is 7.24. The van der Waals surface area contributed by atoms with Crippen LogP contribution < -0.4 is 5.32 Å². The Labute approximate surface area is 143 Å². The summed E-state index contributed by atoms with van der Waals surface area (Å²) in [6.45, 7) is 3.86. The number of nitrogens with zero attached hydrogens (tertiary/aromatic N) is 1. The first-order valence-electron chi connectivity index (χ1n) is 7.19. The topological polar surface area (TPSA) is 92.8 Å². The fourth-order valence-electron chi connectivity index (χ4n) is 2.11. The molecule has 1 rings (SSSR count). The number of carbonyl (C=O) groups is 4. The summed E-state index contributed by atoms with van der Waals surface area (Å²) < 4.78 is 0.408. The highest BCUT2D eigenvalue weighted by Crippen LogP contribution is 2.16. The van der Waals surface area contributed by atoms with Crippen molar-refractivity contribution in [3.05, 3.63) is 0 Å². The highest BCUT2D eigenvalue weighted by atomic mass is 127. The van der Waals surface area contributed by atoms with Crippen LogP contribution >= 0.6 is 22.6 Å². The third-order valence-electron chi connectivity index (χ3n) is 3.23. The Balaban J connectivity index is 2.24. The van der Waals surface area contributed by atoms with Gasteiger partial charge in [0, 0.05) is 24.8 Å². The minimum atomic E-state index is -0.585. The quantitative estimate of drug-likeness (QED) is 0.276. The standard InChI is InChI=1S/C14H21IN2O5/c1-14(2,16-10(18)9-15)8-4-3-5-13(21)22-17-11(19)6-7-12(17)20/h3-9H2,1-2H3,(H,16,18). The van der Waals surface area contributed by atoms with Crippen LogP contribution in [0.2, 0.25) is 0 Å². The predicted molar refractivity (Wildman–Crippen MR) is 86.8 cm³/mol. The predicted octanol–water partition coefficient (Wildman–Crippen LogP) is 1.48. The Morgan fingerprint density at radius 2 is 1.82 bits per heavy atom. The van der Waals surface area contributed by atoms with Gasteiger partial charge in [-0.2, -0.15) is 0 Å². The summed E-state index contributed by atoms with van der Waals surface area (Å²) in [7, 11) is 0. The zero-order valence-corrected chi connectivity index (χ0v) is 15.0. The number of rotatable bonds is 8. The summed E-state index contributed by atoms with van der Waals surface area (Å²) in [6.07, 6.45) is 2.34. The number of hydrogen-bond acceptors (Lipinski definition) is 5. The summed E-state index contributed by atoms with van der Waals surface area (Å²) in [4.78, 5) is 50.3.